The monoisotopic (exact) mass is 433 g/mol. The number of thiazole rings is 1. The summed E-state index contributed by atoms with van der Waals surface area (Å²) in [5, 5.41) is 25.1. The summed E-state index contributed by atoms with van der Waals surface area (Å²) >= 11 is 1.23. The third-order valence-corrected chi connectivity index (χ3v) is 6.35. The molecule has 1 amide bonds. The van der Waals surface area contributed by atoms with Gasteiger partial charge in [0, 0.05) is 22.7 Å². The van der Waals surface area contributed by atoms with Gasteiger partial charge in [0.1, 0.15) is 10.9 Å². The van der Waals surface area contributed by atoms with Gasteiger partial charge >= 0.3 is 0 Å². The standard InChI is InChI=1S/C24H23N3O3S/c1-2-17(28)21-19(22(25)29)24(30,23-26-13-14-31-23)18(15-9-5-3-6-10-15)20(27-21)16-11-7-4-8-12-16/h3-14,17,19,28,30H,2H2,1H3,(H2,25,29). The topological polar surface area (TPSA) is 109 Å². The lowest BCUT2D eigenvalue weighted by atomic mass is 9.70. The van der Waals surface area contributed by atoms with Gasteiger partial charge < -0.3 is 15.9 Å². The van der Waals surface area contributed by atoms with Gasteiger partial charge in [0.25, 0.3) is 0 Å². The zero-order valence-electron chi connectivity index (χ0n) is 17.0. The number of hydrogen-bond donors (Lipinski definition) is 3. The molecule has 2 heterocycles. The van der Waals surface area contributed by atoms with E-state index in [2.05, 4.69) is 4.98 Å². The molecule has 3 unspecified atom stereocenters. The van der Waals surface area contributed by atoms with Crippen LogP contribution in [0.5, 0.6) is 0 Å². The number of amides is 1. The van der Waals surface area contributed by atoms with Crippen molar-refractivity contribution in [1.29, 1.82) is 0 Å². The first-order chi connectivity index (χ1) is 15.0. The van der Waals surface area contributed by atoms with Crippen LogP contribution >= 0.6 is 11.3 Å². The van der Waals surface area contributed by atoms with Crippen molar-refractivity contribution in [3.63, 3.8) is 0 Å². The maximum Gasteiger partial charge on any atom is 0.230 e. The molecule has 0 saturated heterocycles. The maximum absolute atomic E-state index is 12.7. The van der Waals surface area contributed by atoms with Crippen molar-refractivity contribution in [3.05, 3.63) is 88.4 Å². The number of aliphatic imine (C=N–C) groups is 1. The highest BCUT2D eigenvalue weighted by atomic mass is 32.1. The van der Waals surface area contributed by atoms with Crippen molar-refractivity contribution in [2.45, 2.75) is 25.0 Å². The SMILES string of the molecule is CCC(O)C1=NC(c2ccccc2)=C(c2ccccc2)C(O)(c2nccs2)C1C(N)=O. The van der Waals surface area contributed by atoms with E-state index in [1.807, 2.05) is 60.7 Å². The minimum Gasteiger partial charge on any atom is -0.387 e. The molecule has 1 aliphatic heterocycles. The van der Waals surface area contributed by atoms with Crippen LogP contribution in [0.2, 0.25) is 0 Å². The van der Waals surface area contributed by atoms with Gasteiger partial charge in [-0.1, -0.05) is 67.6 Å². The molecule has 4 N–H and O–H groups in total. The number of carbonyl (C=O) groups excluding carboxylic acids is 1. The second-order valence-corrected chi connectivity index (χ2v) is 8.25. The van der Waals surface area contributed by atoms with E-state index >= 15 is 0 Å². The highest BCUT2D eigenvalue weighted by Crippen LogP contribution is 2.50. The maximum atomic E-state index is 12.7. The van der Waals surface area contributed by atoms with Gasteiger partial charge in [0.2, 0.25) is 5.91 Å². The van der Waals surface area contributed by atoms with Crippen molar-refractivity contribution in [3.8, 4) is 0 Å². The number of nitrogens with zero attached hydrogens (tertiary/aromatic N) is 2. The van der Waals surface area contributed by atoms with E-state index in [0.717, 1.165) is 5.56 Å². The van der Waals surface area contributed by atoms with Crippen LogP contribution in [0.15, 0.2) is 77.2 Å². The van der Waals surface area contributed by atoms with Crippen LogP contribution < -0.4 is 5.73 Å². The van der Waals surface area contributed by atoms with Crippen LogP contribution in [0, 0.1) is 5.92 Å². The summed E-state index contributed by atoms with van der Waals surface area (Å²) in [5.41, 5.74) is 6.43. The number of hydrogen-bond acceptors (Lipinski definition) is 6. The number of nitrogens with two attached hydrogens (primary N) is 1. The highest BCUT2D eigenvalue weighted by molar-refractivity contribution is 7.09. The average molecular weight is 434 g/mol. The van der Waals surface area contributed by atoms with Crippen molar-refractivity contribution < 1.29 is 15.0 Å². The van der Waals surface area contributed by atoms with Crippen molar-refractivity contribution in [1.82, 2.24) is 4.98 Å². The molecule has 3 atom stereocenters. The van der Waals surface area contributed by atoms with Crippen LogP contribution in [-0.2, 0) is 10.4 Å². The molecule has 1 aliphatic rings. The number of rotatable bonds is 6. The molecular formula is C24H23N3O3S. The predicted molar refractivity (Wildman–Crippen MR) is 122 cm³/mol. The van der Waals surface area contributed by atoms with Gasteiger partial charge in [-0.05, 0) is 12.0 Å². The molecule has 7 heteroatoms. The van der Waals surface area contributed by atoms with Gasteiger partial charge in [0.05, 0.1) is 17.5 Å². The summed E-state index contributed by atoms with van der Waals surface area (Å²) < 4.78 is 0. The summed E-state index contributed by atoms with van der Waals surface area (Å²) in [4.78, 5) is 21.8. The van der Waals surface area contributed by atoms with Crippen LogP contribution in [0.25, 0.3) is 11.3 Å². The zero-order chi connectivity index (χ0) is 22.0. The van der Waals surface area contributed by atoms with Gasteiger partial charge in [0.15, 0.2) is 5.60 Å². The molecule has 0 bridgehead atoms. The molecule has 0 aliphatic carbocycles. The highest BCUT2D eigenvalue weighted by Gasteiger charge is 2.54. The van der Waals surface area contributed by atoms with Crippen LogP contribution in [0.1, 0.15) is 29.5 Å². The third-order valence-electron chi connectivity index (χ3n) is 5.45. The van der Waals surface area contributed by atoms with Crippen LogP contribution in [0.4, 0.5) is 0 Å². The van der Waals surface area contributed by atoms with Gasteiger partial charge in [-0.3, -0.25) is 9.79 Å². The molecule has 0 spiro atoms. The van der Waals surface area contributed by atoms with E-state index in [-0.39, 0.29) is 5.71 Å². The Morgan fingerprint density at radius 3 is 2.26 bits per heavy atom. The fraction of sp³-hybridized carbons (Fsp3) is 0.208. The number of benzene rings is 2. The van der Waals surface area contributed by atoms with E-state index in [9.17, 15) is 15.0 Å². The molecule has 0 radical (unpaired) electrons. The van der Waals surface area contributed by atoms with E-state index in [0.29, 0.717) is 28.3 Å². The normalized spacial score (nSPS) is 22.2. The molecule has 6 nitrogen and oxygen atoms in total. The molecule has 4 rings (SSSR count). The summed E-state index contributed by atoms with van der Waals surface area (Å²) in [6.45, 7) is 1.78. The van der Waals surface area contributed by atoms with Crippen LogP contribution in [0.3, 0.4) is 0 Å². The molecule has 158 valence electrons. The van der Waals surface area contributed by atoms with Crippen LogP contribution in [-0.4, -0.2) is 32.9 Å². The smallest absolute Gasteiger partial charge is 0.230 e. The molecule has 0 saturated carbocycles. The summed E-state index contributed by atoms with van der Waals surface area (Å²) in [6, 6.07) is 18.7. The van der Waals surface area contributed by atoms with Crippen molar-refractivity contribution in [2.75, 3.05) is 0 Å². The van der Waals surface area contributed by atoms with Gasteiger partial charge in [-0.25, -0.2) is 4.98 Å². The molecular weight excluding hydrogens is 410 g/mol. The first kappa shape index (κ1) is 21.1. The largest absolute Gasteiger partial charge is 0.387 e. The zero-order valence-corrected chi connectivity index (χ0v) is 17.8. The number of aromatic nitrogens is 1. The van der Waals surface area contributed by atoms with Crippen molar-refractivity contribution in [2.24, 2.45) is 16.6 Å². The number of carbonyl (C=O) groups is 1. The summed E-state index contributed by atoms with van der Waals surface area (Å²) in [6.07, 6.45) is 0.849. The summed E-state index contributed by atoms with van der Waals surface area (Å²) in [5.74, 6) is -2.04. The minimum absolute atomic E-state index is 0.145. The van der Waals surface area contributed by atoms with Gasteiger partial charge in [-0.2, -0.15) is 0 Å². The number of aliphatic hydroxyl groups is 2. The molecule has 31 heavy (non-hydrogen) atoms. The third kappa shape index (κ3) is 3.61. The molecule has 0 fully saturated rings. The second kappa shape index (κ2) is 8.55. The summed E-state index contributed by atoms with van der Waals surface area (Å²) in [7, 11) is 0. The second-order valence-electron chi connectivity index (χ2n) is 7.36. The average Bonchev–Trinajstić information content (AvgIpc) is 3.34. The van der Waals surface area contributed by atoms with E-state index in [4.69, 9.17) is 10.7 Å². The van der Waals surface area contributed by atoms with E-state index in [1.54, 1.807) is 18.5 Å². The minimum atomic E-state index is -1.89. The fourth-order valence-electron chi connectivity index (χ4n) is 4.02. The number of primary amides is 1. The molecule has 2 aromatic carbocycles. The fourth-order valence-corrected chi connectivity index (χ4v) is 4.80. The first-order valence-corrected chi connectivity index (χ1v) is 10.9. The van der Waals surface area contributed by atoms with Crippen molar-refractivity contribution >= 4 is 34.2 Å². The van der Waals surface area contributed by atoms with E-state index < -0.39 is 23.5 Å². The number of aliphatic hydroxyl groups excluding tert-OH is 1. The Labute approximate surface area is 184 Å². The van der Waals surface area contributed by atoms with E-state index in [1.165, 1.54) is 11.3 Å². The molecule has 1 aromatic heterocycles. The first-order valence-electron chi connectivity index (χ1n) is 10.0. The Morgan fingerprint density at radius 2 is 1.74 bits per heavy atom. The Bertz CT molecular complexity index is 1130. The Kier molecular flexibility index (Phi) is 5.82. The van der Waals surface area contributed by atoms with Gasteiger partial charge in [-0.15, -0.1) is 11.3 Å². The lowest BCUT2D eigenvalue weighted by molar-refractivity contribution is -0.125. The quantitative estimate of drug-likeness (QED) is 0.554. The lowest BCUT2D eigenvalue weighted by Crippen LogP contribution is -2.53. The predicted octanol–water partition coefficient (Wildman–Crippen LogP) is 3.23. The molecule has 3 aromatic rings. The Hall–Kier alpha value is -3.13. The Morgan fingerprint density at radius 1 is 1.13 bits per heavy atom. The lowest BCUT2D eigenvalue weighted by Gasteiger charge is -2.41. The Balaban J connectivity index is 2.14.